The molecule has 2 amide bonds. The van der Waals surface area contributed by atoms with Gasteiger partial charge in [0.1, 0.15) is 6.04 Å². The molecular formula is C13H16N2O4. The lowest BCUT2D eigenvalue weighted by Crippen LogP contribution is -2.39. The fraction of sp³-hybridized carbons (Fsp3) is 0.308. The second-order valence-electron chi connectivity index (χ2n) is 3.98. The van der Waals surface area contributed by atoms with Gasteiger partial charge in [-0.1, -0.05) is 6.07 Å². The second-order valence-corrected chi connectivity index (χ2v) is 3.98. The van der Waals surface area contributed by atoms with E-state index in [2.05, 4.69) is 15.4 Å². The van der Waals surface area contributed by atoms with Gasteiger partial charge in [0.15, 0.2) is 0 Å². The average molecular weight is 264 g/mol. The van der Waals surface area contributed by atoms with Crippen LogP contribution in [0.4, 0.5) is 5.69 Å². The van der Waals surface area contributed by atoms with E-state index in [0.717, 1.165) is 0 Å². The zero-order valence-electron chi connectivity index (χ0n) is 11.0. The summed E-state index contributed by atoms with van der Waals surface area (Å²) in [5.41, 5.74) is 0.868. The van der Waals surface area contributed by atoms with Crippen molar-refractivity contribution < 1.29 is 19.1 Å². The molecule has 0 bridgehead atoms. The van der Waals surface area contributed by atoms with Crippen LogP contribution in [0.15, 0.2) is 24.3 Å². The van der Waals surface area contributed by atoms with Crippen molar-refractivity contribution in [3.8, 4) is 0 Å². The topological polar surface area (TPSA) is 84.5 Å². The Morgan fingerprint density at radius 2 is 1.95 bits per heavy atom. The van der Waals surface area contributed by atoms with Crippen LogP contribution in [0.2, 0.25) is 0 Å². The number of benzene rings is 1. The zero-order chi connectivity index (χ0) is 14.4. The molecule has 19 heavy (non-hydrogen) atoms. The van der Waals surface area contributed by atoms with Crippen molar-refractivity contribution >= 4 is 23.5 Å². The first-order valence-electron chi connectivity index (χ1n) is 5.70. The molecule has 0 heterocycles. The van der Waals surface area contributed by atoms with Gasteiger partial charge in [-0.15, -0.1) is 0 Å². The molecule has 6 nitrogen and oxygen atoms in total. The third kappa shape index (κ3) is 4.42. The molecule has 2 N–H and O–H groups in total. The van der Waals surface area contributed by atoms with Crippen LogP contribution in [-0.4, -0.2) is 30.9 Å². The molecule has 102 valence electrons. The van der Waals surface area contributed by atoms with Crippen molar-refractivity contribution in [3.05, 3.63) is 29.8 Å². The summed E-state index contributed by atoms with van der Waals surface area (Å²) in [6.45, 7) is 2.91. The van der Waals surface area contributed by atoms with Gasteiger partial charge in [0.05, 0.1) is 7.11 Å². The highest BCUT2D eigenvalue weighted by atomic mass is 16.5. The molecule has 1 rings (SSSR count). The molecule has 0 aromatic heterocycles. The predicted molar refractivity (Wildman–Crippen MR) is 69.7 cm³/mol. The maximum absolute atomic E-state index is 11.9. The zero-order valence-corrected chi connectivity index (χ0v) is 11.0. The van der Waals surface area contributed by atoms with E-state index in [1.54, 1.807) is 18.2 Å². The van der Waals surface area contributed by atoms with Crippen LogP contribution in [0.1, 0.15) is 24.2 Å². The molecule has 0 unspecified atom stereocenters. The number of anilines is 1. The minimum atomic E-state index is -0.734. The Labute approximate surface area is 111 Å². The van der Waals surface area contributed by atoms with E-state index in [9.17, 15) is 14.4 Å². The van der Waals surface area contributed by atoms with Gasteiger partial charge >= 0.3 is 5.97 Å². The summed E-state index contributed by atoms with van der Waals surface area (Å²) in [5, 5.41) is 5.08. The molecule has 1 aromatic rings. The maximum atomic E-state index is 11.9. The van der Waals surface area contributed by atoms with Crippen LogP contribution in [0.25, 0.3) is 0 Å². The number of rotatable bonds is 4. The van der Waals surface area contributed by atoms with Gasteiger partial charge in [0.25, 0.3) is 5.91 Å². The summed E-state index contributed by atoms with van der Waals surface area (Å²) < 4.78 is 4.51. The molecule has 6 heteroatoms. The van der Waals surface area contributed by atoms with E-state index in [1.807, 2.05) is 0 Å². The Bertz CT molecular complexity index is 499. The number of carbonyl (C=O) groups excluding carboxylic acids is 3. The van der Waals surface area contributed by atoms with Gasteiger partial charge in [0, 0.05) is 18.2 Å². The number of methoxy groups -OCH3 is 1. The van der Waals surface area contributed by atoms with Crippen LogP contribution in [0.5, 0.6) is 0 Å². The van der Waals surface area contributed by atoms with Gasteiger partial charge < -0.3 is 15.4 Å². The summed E-state index contributed by atoms with van der Waals surface area (Å²) in [6, 6.07) is 5.69. The minimum Gasteiger partial charge on any atom is -0.467 e. The first-order valence-corrected chi connectivity index (χ1v) is 5.70. The molecule has 0 aliphatic rings. The first-order chi connectivity index (χ1) is 8.93. The van der Waals surface area contributed by atoms with Crippen LogP contribution in [0.3, 0.4) is 0 Å². The lowest BCUT2D eigenvalue weighted by atomic mass is 10.1. The van der Waals surface area contributed by atoms with E-state index in [-0.39, 0.29) is 5.91 Å². The van der Waals surface area contributed by atoms with Gasteiger partial charge in [-0.3, -0.25) is 9.59 Å². The maximum Gasteiger partial charge on any atom is 0.328 e. The Morgan fingerprint density at radius 3 is 2.53 bits per heavy atom. The van der Waals surface area contributed by atoms with Gasteiger partial charge in [-0.25, -0.2) is 4.79 Å². The standard InChI is InChI=1S/C13H16N2O4/c1-8(13(18)19-3)14-12(17)10-5-4-6-11(7-10)15-9(2)16/h4-8H,1-3H3,(H,14,17)(H,15,16)/t8-/m1/s1. The Hall–Kier alpha value is -2.37. The first kappa shape index (κ1) is 14.7. The van der Waals surface area contributed by atoms with E-state index in [4.69, 9.17) is 0 Å². The number of hydrogen-bond donors (Lipinski definition) is 2. The van der Waals surface area contributed by atoms with Gasteiger partial charge in [-0.2, -0.15) is 0 Å². The highest BCUT2D eigenvalue weighted by Crippen LogP contribution is 2.10. The Kier molecular flexibility index (Phi) is 5.05. The largest absolute Gasteiger partial charge is 0.467 e. The fourth-order valence-electron chi connectivity index (χ4n) is 1.46. The molecule has 0 saturated heterocycles. The summed E-state index contributed by atoms with van der Waals surface area (Å²) in [7, 11) is 1.25. The SMILES string of the molecule is COC(=O)[C@@H](C)NC(=O)c1cccc(NC(C)=O)c1. The van der Waals surface area contributed by atoms with E-state index in [0.29, 0.717) is 11.3 Å². The van der Waals surface area contributed by atoms with Crippen molar-refractivity contribution in [1.29, 1.82) is 0 Å². The summed E-state index contributed by atoms with van der Waals surface area (Å²) >= 11 is 0. The van der Waals surface area contributed by atoms with Crippen molar-refractivity contribution in [2.75, 3.05) is 12.4 Å². The minimum absolute atomic E-state index is 0.222. The molecule has 0 radical (unpaired) electrons. The van der Waals surface area contributed by atoms with Crippen molar-refractivity contribution in [3.63, 3.8) is 0 Å². The monoisotopic (exact) mass is 264 g/mol. The van der Waals surface area contributed by atoms with Gasteiger partial charge in [-0.05, 0) is 25.1 Å². The molecular weight excluding hydrogens is 248 g/mol. The van der Waals surface area contributed by atoms with Crippen molar-refractivity contribution in [2.24, 2.45) is 0 Å². The molecule has 0 aliphatic heterocycles. The molecule has 0 fully saturated rings. The van der Waals surface area contributed by atoms with E-state index in [1.165, 1.54) is 27.0 Å². The van der Waals surface area contributed by atoms with Crippen LogP contribution in [0, 0.1) is 0 Å². The molecule has 0 spiro atoms. The smallest absolute Gasteiger partial charge is 0.328 e. The highest BCUT2D eigenvalue weighted by Gasteiger charge is 2.16. The normalized spacial score (nSPS) is 11.3. The highest BCUT2D eigenvalue weighted by molar-refractivity contribution is 5.98. The molecule has 0 saturated carbocycles. The summed E-state index contributed by atoms with van der Waals surface area (Å²) in [6.07, 6.45) is 0. The lowest BCUT2D eigenvalue weighted by molar-refractivity contribution is -0.142. The van der Waals surface area contributed by atoms with Crippen LogP contribution < -0.4 is 10.6 Å². The number of amides is 2. The third-order valence-electron chi connectivity index (χ3n) is 2.35. The Balaban J connectivity index is 2.77. The quantitative estimate of drug-likeness (QED) is 0.792. The molecule has 1 atom stereocenters. The average Bonchev–Trinajstić information content (AvgIpc) is 2.37. The summed E-state index contributed by atoms with van der Waals surface area (Å²) in [4.78, 5) is 34.0. The third-order valence-corrected chi connectivity index (χ3v) is 2.35. The van der Waals surface area contributed by atoms with Crippen molar-refractivity contribution in [2.45, 2.75) is 19.9 Å². The van der Waals surface area contributed by atoms with Crippen molar-refractivity contribution in [1.82, 2.24) is 5.32 Å². The predicted octanol–water partition coefficient (Wildman–Crippen LogP) is 0.936. The van der Waals surface area contributed by atoms with Gasteiger partial charge in [0.2, 0.25) is 5.91 Å². The second kappa shape index (κ2) is 6.53. The number of esters is 1. The van der Waals surface area contributed by atoms with E-state index < -0.39 is 17.9 Å². The summed E-state index contributed by atoms with van der Waals surface area (Å²) in [5.74, 6) is -1.16. The lowest BCUT2D eigenvalue weighted by Gasteiger charge is -2.12. The number of carbonyl (C=O) groups is 3. The number of nitrogens with one attached hydrogen (secondary N) is 2. The van der Waals surface area contributed by atoms with Crippen LogP contribution in [-0.2, 0) is 14.3 Å². The molecule has 1 aromatic carbocycles. The Morgan fingerprint density at radius 1 is 1.26 bits per heavy atom. The molecule has 0 aliphatic carbocycles. The van der Waals surface area contributed by atoms with E-state index >= 15 is 0 Å². The fourth-order valence-corrected chi connectivity index (χ4v) is 1.46. The van der Waals surface area contributed by atoms with Crippen LogP contribution >= 0.6 is 0 Å². The number of ether oxygens (including phenoxy) is 1. The number of hydrogen-bond acceptors (Lipinski definition) is 4.